The number of amides is 2. The molecule has 2 aliphatic rings. The number of nitrogens with zero attached hydrogens (tertiary/aromatic N) is 2. The Morgan fingerprint density at radius 1 is 1.08 bits per heavy atom. The fourth-order valence-electron chi connectivity index (χ4n) is 3.71. The molecule has 0 bridgehead atoms. The van der Waals surface area contributed by atoms with E-state index in [1.165, 1.54) is 17.6 Å². The van der Waals surface area contributed by atoms with Gasteiger partial charge in [-0.25, -0.2) is 4.79 Å². The molecule has 0 aromatic carbocycles. The molecule has 0 saturated carbocycles. The van der Waals surface area contributed by atoms with E-state index in [9.17, 15) is 9.59 Å². The van der Waals surface area contributed by atoms with Gasteiger partial charge < -0.3 is 14.5 Å². The summed E-state index contributed by atoms with van der Waals surface area (Å²) in [5.74, 6) is 0.0236. The van der Waals surface area contributed by atoms with Crippen LogP contribution in [-0.2, 0) is 9.53 Å². The third kappa shape index (κ3) is 5.36. The normalized spacial score (nSPS) is 21.3. The van der Waals surface area contributed by atoms with Crippen LogP contribution in [0, 0.1) is 5.41 Å². The summed E-state index contributed by atoms with van der Waals surface area (Å²) in [6.45, 7) is 14.4. The summed E-state index contributed by atoms with van der Waals surface area (Å²) in [7, 11) is 0. The van der Waals surface area contributed by atoms with Gasteiger partial charge in [-0.2, -0.15) is 0 Å². The first-order valence-electron chi connectivity index (χ1n) is 9.65. The van der Waals surface area contributed by atoms with E-state index in [4.69, 9.17) is 4.74 Å². The van der Waals surface area contributed by atoms with Gasteiger partial charge in [0.15, 0.2) is 0 Å². The molecule has 5 heteroatoms. The zero-order chi connectivity index (χ0) is 19.5. The largest absolute Gasteiger partial charge is 0.444 e. The van der Waals surface area contributed by atoms with Crippen molar-refractivity contribution in [1.82, 2.24) is 9.80 Å². The maximum absolute atomic E-state index is 12.5. The fourth-order valence-corrected chi connectivity index (χ4v) is 3.71. The van der Waals surface area contributed by atoms with Crippen LogP contribution in [0.1, 0.15) is 60.8 Å². The van der Waals surface area contributed by atoms with Gasteiger partial charge in [0.05, 0.1) is 0 Å². The van der Waals surface area contributed by atoms with Gasteiger partial charge in [0, 0.05) is 32.3 Å². The Hall–Kier alpha value is -1.78. The average molecular weight is 363 g/mol. The van der Waals surface area contributed by atoms with E-state index in [-0.39, 0.29) is 17.4 Å². The molecule has 1 saturated heterocycles. The summed E-state index contributed by atoms with van der Waals surface area (Å²) in [6.07, 6.45) is 6.91. The highest BCUT2D eigenvalue weighted by Gasteiger charge is 2.28. The molecule has 0 aromatic rings. The predicted molar refractivity (Wildman–Crippen MR) is 104 cm³/mol. The van der Waals surface area contributed by atoms with Crippen LogP contribution in [0.3, 0.4) is 0 Å². The molecule has 0 radical (unpaired) electrons. The van der Waals surface area contributed by atoms with Crippen molar-refractivity contribution >= 4 is 12.0 Å². The van der Waals surface area contributed by atoms with Gasteiger partial charge in [-0.15, -0.1) is 0 Å². The first-order valence-corrected chi connectivity index (χ1v) is 9.65. The molecule has 2 amide bonds. The predicted octanol–water partition coefficient (Wildman–Crippen LogP) is 4.15. The summed E-state index contributed by atoms with van der Waals surface area (Å²) < 4.78 is 5.40. The highest BCUT2D eigenvalue weighted by molar-refractivity contribution is 5.88. The summed E-state index contributed by atoms with van der Waals surface area (Å²) in [5, 5.41) is 0. The van der Waals surface area contributed by atoms with E-state index in [0.717, 1.165) is 12.8 Å². The van der Waals surface area contributed by atoms with Crippen LogP contribution in [0.25, 0.3) is 0 Å². The molecule has 1 aliphatic carbocycles. The van der Waals surface area contributed by atoms with Crippen molar-refractivity contribution in [3.8, 4) is 0 Å². The summed E-state index contributed by atoms with van der Waals surface area (Å²) in [4.78, 5) is 28.1. The lowest BCUT2D eigenvalue weighted by atomic mass is 9.72. The van der Waals surface area contributed by atoms with Crippen LogP contribution in [0.15, 0.2) is 23.3 Å². The van der Waals surface area contributed by atoms with Crippen molar-refractivity contribution in [2.45, 2.75) is 66.4 Å². The zero-order valence-electron chi connectivity index (χ0n) is 17.2. The lowest BCUT2D eigenvalue weighted by molar-refractivity contribution is -0.127. The Bertz CT molecular complexity index is 603. The number of allylic oxidation sites excluding steroid dienone is 3. The molecule has 146 valence electrons. The summed E-state index contributed by atoms with van der Waals surface area (Å²) in [6, 6.07) is 0. The van der Waals surface area contributed by atoms with E-state index in [0.29, 0.717) is 26.2 Å². The van der Waals surface area contributed by atoms with Crippen LogP contribution in [0.2, 0.25) is 0 Å². The molecule has 0 spiro atoms. The van der Waals surface area contributed by atoms with Crippen LogP contribution >= 0.6 is 0 Å². The Balaban J connectivity index is 1.91. The lowest BCUT2D eigenvalue weighted by Gasteiger charge is -2.35. The van der Waals surface area contributed by atoms with Crippen molar-refractivity contribution in [2.75, 3.05) is 26.2 Å². The Kier molecular flexibility index (Phi) is 6.20. The minimum Gasteiger partial charge on any atom is -0.444 e. The van der Waals surface area contributed by atoms with E-state index in [2.05, 4.69) is 20.8 Å². The number of hydrogen-bond donors (Lipinski definition) is 0. The molecule has 1 fully saturated rings. The third-order valence-electron chi connectivity index (χ3n) is 5.18. The lowest BCUT2D eigenvalue weighted by Crippen LogP contribution is -2.51. The molecular weight excluding hydrogens is 328 g/mol. The Labute approximate surface area is 158 Å². The topological polar surface area (TPSA) is 49.9 Å². The second kappa shape index (κ2) is 7.85. The van der Waals surface area contributed by atoms with Gasteiger partial charge in [0.1, 0.15) is 5.60 Å². The molecule has 2 rings (SSSR count). The van der Waals surface area contributed by atoms with Gasteiger partial charge >= 0.3 is 6.09 Å². The molecule has 0 unspecified atom stereocenters. The van der Waals surface area contributed by atoms with Gasteiger partial charge in [0.2, 0.25) is 5.91 Å². The average Bonchev–Trinajstić information content (AvgIpc) is 2.52. The quantitative estimate of drug-likeness (QED) is 0.694. The van der Waals surface area contributed by atoms with Crippen molar-refractivity contribution < 1.29 is 14.3 Å². The van der Waals surface area contributed by atoms with Gasteiger partial charge in [-0.05, 0) is 57.9 Å². The minimum atomic E-state index is -0.495. The number of ether oxygens (including phenoxy) is 1. The SMILES string of the molecule is CC1=C(C=CC(=O)N2CCN(C(=O)OC(C)(C)C)CC2)C(C)(C)CCC1. The smallest absolute Gasteiger partial charge is 0.410 e. The van der Waals surface area contributed by atoms with Crippen molar-refractivity contribution in [3.63, 3.8) is 0 Å². The Morgan fingerprint density at radius 3 is 2.19 bits per heavy atom. The van der Waals surface area contributed by atoms with Crippen LogP contribution < -0.4 is 0 Å². The van der Waals surface area contributed by atoms with Crippen LogP contribution in [0.4, 0.5) is 4.79 Å². The van der Waals surface area contributed by atoms with E-state index >= 15 is 0 Å². The van der Waals surface area contributed by atoms with Crippen molar-refractivity contribution in [1.29, 1.82) is 0 Å². The summed E-state index contributed by atoms with van der Waals surface area (Å²) >= 11 is 0. The third-order valence-corrected chi connectivity index (χ3v) is 5.18. The summed E-state index contributed by atoms with van der Waals surface area (Å²) in [5.41, 5.74) is 2.32. The Morgan fingerprint density at radius 2 is 1.65 bits per heavy atom. The van der Waals surface area contributed by atoms with Gasteiger partial charge in [0.25, 0.3) is 0 Å². The molecule has 0 aromatic heterocycles. The number of hydrogen-bond acceptors (Lipinski definition) is 3. The molecule has 0 N–H and O–H groups in total. The molecule has 5 nitrogen and oxygen atoms in total. The van der Waals surface area contributed by atoms with Crippen LogP contribution in [0.5, 0.6) is 0 Å². The van der Waals surface area contributed by atoms with Crippen molar-refractivity contribution in [2.24, 2.45) is 5.41 Å². The van der Waals surface area contributed by atoms with E-state index in [1.54, 1.807) is 11.0 Å². The maximum atomic E-state index is 12.5. The first kappa shape index (κ1) is 20.5. The first-order chi connectivity index (χ1) is 12.0. The number of piperazine rings is 1. The molecule has 0 atom stereocenters. The van der Waals surface area contributed by atoms with Crippen molar-refractivity contribution in [3.05, 3.63) is 23.3 Å². The van der Waals surface area contributed by atoms with Gasteiger partial charge in [-0.3, -0.25) is 4.79 Å². The highest BCUT2D eigenvalue weighted by Crippen LogP contribution is 2.40. The second-order valence-corrected chi connectivity index (χ2v) is 9.06. The number of rotatable bonds is 2. The molecule has 1 aliphatic heterocycles. The molecule has 26 heavy (non-hydrogen) atoms. The van der Waals surface area contributed by atoms with Gasteiger partial charge in [-0.1, -0.05) is 25.5 Å². The monoisotopic (exact) mass is 362 g/mol. The standard InChI is InChI=1S/C21H34N2O3/c1-16-8-7-11-21(5,6)17(16)9-10-18(24)22-12-14-23(15-13-22)19(25)26-20(2,3)4/h9-10H,7-8,11-15H2,1-6H3. The van der Waals surface area contributed by atoms with E-state index < -0.39 is 5.60 Å². The maximum Gasteiger partial charge on any atom is 0.410 e. The van der Waals surface area contributed by atoms with Crippen LogP contribution in [-0.4, -0.2) is 53.6 Å². The molecular formula is C21H34N2O3. The van der Waals surface area contributed by atoms with E-state index in [1.807, 2.05) is 31.7 Å². The minimum absolute atomic E-state index is 0.0236. The fraction of sp³-hybridized carbons (Fsp3) is 0.714. The second-order valence-electron chi connectivity index (χ2n) is 9.06. The number of carbonyl (C=O) groups is 2. The zero-order valence-corrected chi connectivity index (χ0v) is 17.2. The molecule has 1 heterocycles. The number of carbonyl (C=O) groups excluding carboxylic acids is 2. The highest BCUT2D eigenvalue weighted by atomic mass is 16.6.